The molecule has 25 heavy (non-hydrogen) atoms. The molecule has 5 nitrogen and oxygen atoms in total. The Kier molecular flexibility index (Phi) is 5.48. The van der Waals surface area contributed by atoms with Crippen molar-refractivity contribution in [2.75, 3.05) is 18.9 Å². The van der Waals surface area contributed by atoms with Crippen LogP contribution in [0.25, 0.3) is 0 Å². The second-order valence-corrected chi connectivity index (χ2v) is 6.85. The van der Waals surface area contributed by atoms with Crippen LogP contribution in [0.15, 0.2) is 30.6 Å². The van der Waals surface area contributed by atoms with Crippen molar-refractivity contribution in [3.05, 3.63) is 47.5 Å². The highest BCUT2D eigenvalue weighted by Crippen LogP contribution is 2.42. The van der Waals surface area contributed by atoms with E-state index in [0.717, 1.165) is 30.1 Å². The number of hydrogen-bond donors (Lipinski definition) is 2. The fraction of sp³-hybridized carbons (Fsp3) is 0.474. The smallest absolute Gasteiger partial charge is 0.153 e. The molecule has 134 valence electrons. The van der Waals surface area contributed by atoms with Gasteiger partial charge >= 0.3 is 0 Å². The van der Waals surface area contributed by atoms with Gasteiger partial charge in [-0.25, -0.2) is 4.39 Å². The zero-order valence-electron chi connectivity index (χ0n) is 14.7. The third kappa shape index (κ3) is 4.89. The van der Waals surface area contributed by atoms with Crippen LogP contribution in [0.3, 0.4) is 0 Å². The summed E-state index contributed by atoms with van der Waals surface area (Å²) in [6.45, 7) is 1.11. The van der Waals surface area contributed by atoms with Crippen LogP contribution in [-0.2, 0) is 7.05 Å². The molecule has 2 aliphatic rings. The average molecular weight is 344 g/mol. The van der Waals surface area contributed by atoms with Crippen LogP contribution in [0, 0.1) is 11.7 Å². The highest BCUT2D eigenvalue weighted by molar-refractivity contribution is 5.75. The molecule has 2 N–H and O–H groups in total. The van der Waals surface area contributed by atoms with E-state index in [1.165, 1.54) is 18.9 Å². The Bertz CT molecular complexity index is 726. The first-order chi connectivity index (χ1) is 12.1. The summed E-state index contributed by atoms with van der Waals surface area (Å²) >= 11 is 0. The van der Waals surface area contributed by atoms with Crippen LogP contribution in [0.4, 0.5) is 10.1 Å². The van der Waals surface area contributed by atoms with Crippen molar-refractivity contribution >= 4 is 12.0 Å². The highest BCUT2D eigenvalue weighted by atomic mass is 19.1. The summed E-state index contributed by atoms with van der Waals surface area (Å²) in [5.41, 5.74) is 2.31. The van der Waals surface area contributed by atoms with Gasteiger partial charge in [0.2, 0.25) is 0 Å². The number of nitrogens with zero attached hydrogens (tertiary/aromatic N) is 2. The van der Waals surface area contributed by atoms with Gasteiger partial charge in [-0.1, -0.05) is 6.07 Å². The number of anilines is 1. The Balaban J connectivity index is 0.000000192. The van der Waals surface area contributed by atoms with Crippen LogP contribution in [0.2, 0.25) is 0 Å². The summed E-state index contributed by atoms with van der Waals surface area (Å²) in [4.78, 5) is 10.7. The molecule has 2 atom stereocenters. The molecular formula is C19H25FN4O. The summed E-state index contributed by atoms with van der Waals surface area (Å²) in [5, 5.41) is 10.4. The Hall–Kier alpha value is -2.21. The minimum absolute atomic E-state index is 0.176. The van der Waals surface area contributed by atoms with Gasteiger partial charge in [0.25, 0.3) is 0 Å². The number of aldehydes is 1. The Morgan fingerprint density at radius 2 is 2.20 bits per heavy atom. The molecule has 2 aromatic rings. The molecule has 0 bridgehead atoms. The normalized spacial score (nSPS) is 21.2. The lowest BCUT2D eigenvalue weighted by Gasteiger charge is -2.04. The average Bonchev–Trinajstić information content (AvgIpc) is 3.53. The molecule has 2 aliphatic carbocycles. The monoisotopic (exact) mass is 344 g/mol. The molecular weight excluding hydrogens is 319 g/mol. The molecule has 1 unspecified atom stereocenters. The van der Waals surface area contributed by atoms with Crippen molar-refractivity contribution in [1.29, 1.82) is 0 Å². The van der Waals surface area contributed by atoms with E-state index in [4.69, 9.17) is 0 Å². The number of carbonyl (C=O) groups excluding carboxylic acids is 1. The van der Waals surface area contributed by atoms with Crippen molar-refractivity contribution < 1.29 is 9.18 Å². The minimum atomic E-state index is -0.424. The van der Waals surface area contributed by atoms with Crippen molar-refractivity contribution in [2.24, 2.45) is 13.0 Å². The molecule has 1 heterocycles. The summed E-state index contributed by atoms with van der Waals surface area (Å²) in [6, 6.07) is 5.41. The van der Waals surface area contributed by atoms with E-state index < -0.39 is 5.82 Å². The van der Waals surface area contributed by atoms with Gasteiger partial charge in [-0.2, -0.15) is 5.10 Å². The van der Waals surface area contributed by atoms with Crippen LogP contribution in [0.5, 0.6) is 0 Å². The van der Waals surface area contributed by atoms with Gasteiger partial charge in [0.15, 0.2) is 6.29 Å². The van der Waals surface area contributed by atoms with Crippen LogP contribution in [-0.4, -0.2) is 35.7 Å². The largest absolute Gasteiger partial charge is 0.386 e. The van der Waals surface area contributed by atoms with Crippen molar-refractivity contribution in [1.82, 2.24) is 15.1 Å². The third-order valence-electron chi connectivity index (χ3n) is 4.72. The number of aryl methyl sites for hydroxylation is 1. The molecule has 1 aromatic carbocycles. The number of benzene rings is 1. The predicted octanol–water partition coefficient (Wildman–Crippen LogP) is 2.96. The van der Waals surface area contributed by atoms with Crippen molar-refractivity contribution in [3.63, 3.8) is 0 Å². The van der Waals surface area contributed by atoms with E-state index >= 15 is 0 Å². The van der Waals surface area contributed by atoms with Gasteiger partial charge < -0.3 is 10.6 Å². The van der Waals surface area contributed by atoms with Crippen LogP contribution < -0.4 is 10.6 Å². The molecule has 0 saturated heterocycles. The van der Waals surface area contributed by atoms with E-state index in [1.807, 2.05) is 20.3 Å². The van der Waals surface area contributed by atoms with Crippen LogP contribution >= 0.6 is 0 Å². The molecule has 1 aromatic heterocycles. The fourth-order valence-electron chi connectivity index (χ4n) is 2.86. The quantitative estimate of drug-likeness (QED) is 0.791. The zero-order chi connectivity index (χ0) is 17.8. The molecule has 0 amide bonds. The van der Waals surface area contributed by atoms with E-state index in [-0.39, 0.29) is 5.56 Å². The van der Waals surface area contributed by atoms with E-state index in [2.05, 4.69) is 15.7 Å². The molecule has 2 saturated carbocycles. The lowest BCUT2D eigenvalue weighted by molar-refractivity contribution is 0.111. The molecule has 2 fully saturated rings. The molecule has 4 rings (SSSR count). The molecule has 0 radical (unpaired) electrons. The molecule has 0 aliphatic heterocycles. The van der Waals surface area contributed by atoms with Crippen molar-refractivity contribution in [2.45, 2.75) is 31.2 Å². The van der Waals surface area contributed by atoms with Crippen LogP contribution in [0.1, 0.15) is 41.1 Å². The summed E-state index contributed by atoms with van der Waals surface area (Å²) in [7, 11) is 3.76. The summed E-state index contributed by atoms with van der Waals surface area (Å²) in [5.74, 6) is 0.926. The first-order valence-electron chi connectivity index (χ1n) is 8.75. The summed E-state index contributed by atoms with van der Waals surface area (Å²) < 4.78 is 14.9. The zero-order valence-corrected chi connectivity index (χ0v) is 14.7. The van der Waals surface area contributed by atoms with Gasteiger partial charge in [-0.3, -0.25) is 9.48 Å². The number of carbonyl (C=O) groups is 1. The van der Waals surface area contributed by atoms with Crippen molar-refractivity contribution in [3.8, 4) is 0 Å². The van der Waals surface area contributed by atoms with Gasteiger partial charge in [-0.15, -0.1) is 0 Å². The van der Waals surface area contributed by atoms with E-state index in [9.17, 15) is 9.18 Å². The number of aromatic nitrogens is 2. The molecule has 0 spiro atoms. The highest BCUT2D eigenvalue weighted by Gasteiger charge is 2.39. The molecule has 6 heteroatoms. The third-order valence-corrected chi connectivity index (χ3v) is 4.72. The first-order valence-corrected chi connectivity index (χ1v) is 8.75. The maximum absolute atomic E-state index is 13.2. The fourth-order valence-corrected chi connectivity index (χ4v) is 2.86. The van der Waals surface area contributed by atoms with E-state index in [1.54, 1.807) is 23.0 Å². The maximum Gasteiger partial charge on any atom is 0.153 e. The van der Waals surface area contributed by atoms with Gasteiger partial charge in [0.1, 0.15) is 5.82 Å². The Labute approximate surface area is 147 Å². The van der Waals surface area contributed by atoms with Gasteiger partial charge in [0.05, 0.1) is 17.4 Å². The topological polar surface area (TPSA) is 59.0 Å². The number of halogens is 1. The number of nitrogens with one attached hydrogen (secondary N) is 2. The second kappa shape index (κ2) is 7.78. The lowest BCUT2D eigenvalue weighted by atomic mass is 10.1. The van der Waals surface area contributed by atoms with Gasteiger partial charge in [-0.05, 0) is 49.4 Å². The number of rotatable bonds is 6. The van der Waals surface area contributed by atoms with Gasteiger partial charge in [0, 0.05) is 32.3 Å². The Morgan fingerprint density at radius 3 is 2.76 bits per heavy atom. The standard InChI is InChI=1S/C14H16FNO.C5H9N3/c15-13-4-3-10(5-11(13)8-17)12-6-14(12)16-7-9-1-2-9;1-6-5-3-7-8(2)4-5/h3-5,8-9,12,14,16H,1-2,6-7H2;3-4,6H,1-2H3/t12-,14?;/m1./s1. The minimum Gasteiger partial charge on any atom is -0.386 e. The lowest BCUT2D eigenvalue weighted by Crippen LogP contribution is -2.20. The second-order valence-electron chi connectivity index (χ2n) is 6.85. The Morgan fingerprint density at radius 1 is 1.40 bits per heavy atom. The SMILES string of the molecule is CNc1cnn(C)c1.O=Cc1cc([C@H]2CC2NCC2CC2)ccc1F. The number of hydrogen-bond acceptors (Lipinski definition) is 4. The predicted molar refractivity (Wildman–Crippen MR) is 96.4 cm³/mol. The summed E-state index contributed by atoms with van der Waals surface area (Å²) in [6.07, 6.45) is 8.11. The maximum atomic E-state index is 13.2. The first kappa shape index (κ1) is 17.6. The van der Waals surface area contributed by atoms with E-state index in [0.29, 0.717) is 18.2 Å².